The van der Waals surface area contributed by atoms with Gasteiger partial charge in [-0.1, -0.05) is 58.4 Å². The Balaban J connectivity index is 2.44. The van der Waals surface area contributed by atoms with E-state index in [0.29, 0.717) is 0 Å². The molecule has 0 radical (unpaired) electrons. The van der Waals surface area contributed by atoms with Crippen molar-refractivity contribution in [3.05, 3.63) is 28.5 Å². The molecule has 0 unspecified atom stereocenters. The molecule has 0 aliphatic heterocycles. The van der Waals surface area contributed by atoms with Crippen molar-refractivity contribution >= 4 is 23.3 Å². The topological polar surface area (TPSA) is 20.3 Å². The van der Waals surface area contributed by atoms with E-state index in [2.05, 4.69) is 13.8 Å². The lowest BCUT2D eigenvalue weighted by molar-refractivity contribution is -0.126. The van der Waals surface area contributed by atoms with Crippen molar-refractivity contribution in [2.75, 3.05) is 13.1 Å². The minimum absolute atomic E-state index is 0.168. The maximum atomic E-state index is 12.4. The molecule has 0 fully saturated rings. The standard InChI is InChI=1S/C19H31NOS/c1-3-5-7-9-15-20(16-10-8-6-4-2)19(21)14-13-18-12-11-17-22-18/h11-14,17H,3-10,15-16H2,1-2H3/b14-13+. The SMILES string of the molecule is CCCCCCN(CCCCCC)C(=O)/C=C/c1cccs1. The van der Waals surface area contributed by atoms with E-state index < -0.39 is 0 Å². The second-order valence-electron chi connectivity index (χ2n) is 5.80. The van der Waals surface area contributed by atoms with Gasteiger partial charge in [0.25, 0.3) is 0 Å². The highest BCUT2D eigenvalue weighted by atomic mass is 32.1. The Morgan fingerprint density at radius 3 is 2.18 bits per heavy atom. The first-order valence-electron chi connectivity index (χ1n) is 8.78. The van der Waals surface area contributed by atoms with Crippen LogP contribution in [0.15, 0.2) is 23.6 Å². The van der Waals surface area contributed by atoms with Crippen molar-refractivity contribution in [2.45, 2.75) is 65.2 Å². The summed E-state index contributed by atoms with van der Waals surface area (Å²) in [6.07, 6.45) is 13.4. The molecule has 0 bridgehead atoms. The normalized spacial score (nSPS) is 11.2. The van der Waals surface area contributed by atoms with E-state index in [-0.39, 0.29) is 5.91 Å². The number of unbranched alkanes of at least 4 members (excludes halogenated alkanes) is 6. The molecule has 22 heavy (non-hydrogen) atoms. The van der Waals surface area contributed by atoms with Crippen molar-refractivity contribution in [1.82, 2.24) is 4.90 Å². The lowest BCUT2D eigenvalue weighted by atomic mass is 10.1. The zero-order chi connectivity index (χ0) is 16.0. The van der Waals surface area contributed by atoms with E-state index in [9.17, 15) is 4.79 Å². The second-order valence-corrected chi connectivity index (χ2v) is 6.77. The van der Waals surface area contributed by atoms with Crippen LogP contribution in [0.1, 0.15) is 70.1 Å². The molecule has 1 amide bonds. The average Bonchev–Trinajstić information content (AvgIpc) is 3.04. The van der Waals surface area contributed by atoms with Crippen LogP contribution in [0.4, 0.5) is 0 Å². The van der Waals surface area contributed by atoms with Crippen molar-refractivity contribution in [2.24, 2.45) is 0 Å². The number of thiophene rings is 1. The number of nitrogens with zero attached hydrogens (tertiary/aromatic N) is 1. The Morgan fingerprint density at radius 1 is 1.05 bits per heavy atom. The average molecular weight is 322 g/mol. The van der Waals surface area contributed by atoms with Gasteiger partial charge in [-0.15, -0.1) is 11.3 Å². The molecule has 1 aromatic heterocycles. The Labute approximate surface area is 140 Å². The van der Waals surface area contributed by atoms with Gasteiger partial charge < -0.3 is 4.90 Å². The van der Waals surface area contributed by atoms with Gasteiger partial charge in [0.15, 0.2) is 0 Å². The minimum atomic E-state index is 0.168. The fourth-order valence-electron chi connectivity index (χ4n) is 2.44. The van der Waals surface area contributed by atoms with Crippen molar-refractivity contribution < 1.29 is 4.79 Å². The van der Waals surface area contributed by atoms with Gasteiger partial charge in [0.05, 0.1) is 0 Å². The van der Waals surface area contributed by atoms with Crippen molar-refractivity contribution in [1.29, 1.82) is 0 Å². The molecule has 0 aromatic carbocycles. The lowest BCUT2D eigenvalue weighted by Crippen LogP contribution is -2.31. The molecule has 0 saturated carbocycles. The second kappa shape index (κ2) is 12.5. The van der Waals surface area contributed by atoms with E-state index in [4.69, 9.17) is 0 Å². The molecule has 124 valence electrons. The summed E-state index contributed by atoms with van der Waals surface area (Å²) in [6.45, 7) is 6.24. The Kier molecular flexibility index (Phi) is 10.7. The van der Waals surface area contributed by atoms with Gasteiger partial charge in [0.2, 0.25) is 5.91 Å². The molecule has 1 aromatic rings. The summed E-state index contributed by atoms with van der Waals surface area (Å²) < 4.78 is 0. The highest BCUT2D eigenvalue weighted by molar-refractivity contribution is 7.10. The smallest absolute Gasteiger partial charge is 0.246 e. The van der Waals surface area contributed by atoms with E-state index >= 15 is 0 Å². The van der Waals surface area contributed by atoms with E-state index in [1.807, 2.05) is 28.5 Å². The van der Waals surface area contributed by atoms with Gasteiger partial charge in [0.1, 0.15) is 0 Å². The molecular weight excluding hydrogens is 290 g/mol. The predicted octanol–water partition coefficient (Wildman–Crippen LogP) is 5.75. The third-order valence-corrected chi connectivity index (χ3v) is 4.65. The Morgan fingerprint density at radius 2 is 1.68 bits per heavy atom. The molecule has 0 aliphatic carbocycles. The summed E-state index contributed by atoms with van der Waals surface area (Å²) in [5.74, 6) is 0.168. The molecule has 1 heterocycles. The van der Waals surface area contributed by atoms with E-state index in [1.165, 1.54) is 38.5 Å². The molecule has 0 N–H and O–H groups in total. The van der Waals surface area contributed by atoms with Crippen LogP contribution < -0.4 is 0 Å². The number of hydrogen-bond acceptors (Lipinski definition) is 2. The molecule has 1 rings (SSSR count). The fourth-order valence-corrected chi connectivity index (χ4v) is 3.05. The number of hydrogen-bond donors (Lipinski definition) is 0. The van der Waals surface area contributed by atoms with Crippen molar-refractivity contribution in [3.63, 3.8) is 0 Å². The lowest BCUT2D eigenvalue weighted by Gasteiger charge is -2.21. The maximum absolute atomic E-state index is 12.4. The first-order valence-corrected chi connectivity index (χ1v) is 9.66. The maximum Gasteiger partial charge on any atom is 0.246 e. The van der Waals surface area contributed by atoms with Gasteiger partial charge in [-0.25, -0.2) is 0 Å². The predicted molar refractivity (Wildman–Crippen MR) is 98.2 cm³/mol. The van der Waals surface area contributed by atoms with E-state index in [1.54, 1.807) is 17.4 Å². The summed E-state index contributed by atoms with van der Waals surface area (Å²) in [4.78, 5) is 15.6. The zero-order valence-electron chi connectivity index (χ0n) is 14.2. The van der Waals surface area contributed by atoms with Gasteiger partial charge in [0, 0.05) is 24.0 Å². The fraction of sp³-hybridized carbons (Fsp3) is 0.632. The number of carbonyl (C=O) groups is 1. The molecular formula is C19H31NOS. The monoisotopic (exact) mass is 321 g/mol. The molecule has 0 spiro atoms. The third kappa shape index (κ3) is 8.38. The highest BCUT2D eigenvalue weighted by Crippen LogP contribution is 2.11. The van der Waals surface area contributed by atoms with Gasteiger partial charge in [-0.2, -0.15) is 0 Å². The highest BCUT2D eigenvalue weighted by Gasteiger charge is 2.09. The molecule has 0 saturated heterocycles. The summed E-state index contributed by atoms with van der Waals surface area (Å²) in [5.41, 5.74) is 0. The summed E-state index contributed by atoms with van der Waals surface area (Å²) in [7, 11) is 0. The van der Waals surface area contributed by atoms with Crippen LogP contribution in [0.25, 0.3) is 6.08 Å². The summed E-state index contributed by atoms with van der Waals surface area (Å²) in [6, 6.07) is 4.06. The minimum Gasteiger partial charge on any atom is -0.339 e. The quantitative estimate of drug-likeness (QED) is 0.354. The molecule has 0 atom stereocenters. The Bertz CT molecular complexity index is 399. The molecule has 3 heteroatoms. The van der Waals surface area contributed by atoms with Crippen LogP contribution in [0.5, 0.6) is 0 Å². The Hall–Kier alpha value is -1.09. The largest absolute Gasteiger partial charge is 0.339 e. The summed E-state index contributed by atoms with van der Waals surface area (Å²) >= 11 is 1.67. The number of rotatable bonds is 12. The number of amides is 1. The van der Waals surface area contributed by atoms with Crippen LogP contribution in [-0.4, -0.2) is 23.9 Å². The van der Waals surface area contributed by atoms with Crippen LogP contribution in [-0.2, 0) is 4.79 Å². The first-order chi connectivity index (χ1) is 10.8. The number of carbonyl (C=O) groups excluding carboxylic acids is 1. The molecule has 2 nitrogen and oxygen atoms in total. The van der Waals surface area contributed by atoms with Crippen LogP contribution >= 0.6 is 11.3 Å². The van der Waals surface area contributed by atoms with Crippen LogP contribution in [0.3, 0.4) is 0 Å². The van der Waals surface area contributed by atoms with Gasteiger partial charge in [-0.3, -0.25) is 4.79 Å². The zero-order valence-corrected chi connectivity index (χ0v) is 15.0. The van der Waals surface area contributed by atoms with Gasteiger partial charge >= 0.3 is 0 Å². The van der Waals surface area contributed by atoms with E-state index in [0.717, 1.165) is 30.8 Å². The first kappa shape index (κ1) is 19.0. The van der Waals surface area contributed by atoms with Crippen LogP contribution in [0.2, 0.25) is 0 Å². The van der Waals surface area contributed by atoms with Crippen molar-refractivity contribution in [3.8, 4) is 0 Å². The molecule has 0 aliphatic rings. The van der Waals surface area contributed by atoms with Gasteiger partial charge in [-0.05, 0) is 30.4 Å². The third-order valence-electron chi connectivity index (χ3n) is 3.81. The van der Waals surface area contributed by atoms with Crippen LogP contribution in [0, 0.1) is 0 Å². The summed E-state index contributed by atoms with van der Waals surface area (Å²) in [5, 5.41) is 2.04.